The summed E-state index contributed by atoms with van der Waals surface area (Å²) in [4.78, 5) is 0. The Labute approximate surface area is 138 Å². The van der Waals surface area contributed by atoms with Crippen molar-refractivity contribution >= 4 is 6.08 Å². The van der Waals surface area contributed by atoms with Crippen molar-refractivity contribution in [1.82, 2.24) is 10.2 Å². The second-order valence-electron chi connectivity index (χ2n) is 5.40. The van der Waals surface area contributed by atoms with E-state index in [1.807, 2.05) is 42.5 Å². The molecule has 0 bridgehead atoms. The normalized spacial score (nSPS) is 10.5. The van der Waals surface area contributed by atoms with Gasteiger partial charge in [-0.1, -0.05) is 38.0 Å². The van der Waals surface area contributed by atoms with Gasteiger partial charge in [-0.05, 0) is 48.9 Å². The van der Waals surface area contributed by atoms with E-state index in [-0.39, 0.29) is 0 Å². The van der Waals surface area contributed by atoms with Gasteiger partial charge in [0.15, 0.2) is 0 Å². The summed E-state index contributed by atoms with van der Waals surface area (Å²) in [6.07, 6.45) is 9.86. The van der Waals surface area contributed by atoms with Crippen molar-refractivity contribution in [1.29, 1.82) is 0 Å². The van der Waals surface area contributed by atoms with Crippen LogP contribution in [0.15, 0.2) is 36.4 Å². The first kappa shape index (κ1) is 16.9. The van der Waals surface area contributed by atoms with Gasteiger partial charge in [-0.3, -0.25) is 5.10 Å². The predicted molar refractivity (Wildman–Crippen MR) is 96.1 cm³/mol. The Morgan fingerprint density at radius 3 is 2.74 bits per heavy atom. The zero-order valence-electron chi connectivity index (χ0n) is 13.9. The van der Waals surface area contributed by atoms with Gasteiger partial charge in [0.05, 0.1) is 18.5 Å². The number of hydrogen-bond acceptors (Lipinski definition) is 2. The van der Waals surface area contributed by atoms with Crippen LogP contribution < -0.4 is 4.74 Å². The van der Waals surface area contributed by atoms with E-state index in [1.54, 1.807) is 7.11 Å². The topological polar surface area (TPSA) is 37.9 Å². The van der Waals surface area contributed by atoms with Crippen LogP contribution in [0.1, 0.15) is 44.7 Å². The van der Waals surface area contributed by atoms with E-state index in [0.717, 1.165) is 29.1 Å². The van der Waals surface area contributed by atoms with E-state index < -0.39 is 0 Å². The van der Waals surface area contributed by atoms with E-state index in [4.69, 9.17) is 4.74 Å². The molecule has 2 aromatic rings. The third-order valence-electron chi connectivity index (χ3n) is 3.59. The van der Waals surface area contributed by atoms with Gasteiger partial charge in [-0.2, -0.15) is 5.10 Å². The predicted octanol–water partition coefficient (Wildman–Crippen LogP) is 5.07. The molecule has 23 heavy (non-hydrogen) atoms. The number of unbranched alkanes of at least 4 members (excludes halogenated alkanes) is 4. The molecular formula is C20H24N2O. The van der Waals surface area contributed by atoms with Gasteiger partial charge in [0.25, 0.3) is 0 Å². The Hall–Kier alpha value is -2.47. The zero-order valence-corrected chi connectivity index (χ0v) is 13.9. The van der Waals surface area contributed by atoms with Crippen molar-refractivity contribution in [2.24, 2.45) is 0 Å². The molecule has 1 aromatic carbocycles. The molecule has 0 atom stereocenters. The minimum atomic E-state index is 0.846. The number of nitrogens with zero attached hydrogens (tertiary/aromatic N) is 1. The molecule has 3 heteroatoms. The number of benzene rings is 1. The fourth-order valence-electron chi connectivity index (χ4n) is 2.23. The van der Waals surface area contributed by atoms with Crippen LogP contribution in [-0.2, 0) is 0 Å². The fraction of sp³-hybridized carbons (Fsp3) is 0.350. The molecule has 0 saturated carbocycles. The quantitative estimate of drug-likeness (QED) is 0.572. The van der Waals surface area contributed by atoms with Crippen molar-refractivity contribution < 1.29 is 4.74 Å². The molecule has 0 saturated heterocycles. The molecule has 120 valence electrons. The van der Waals surface area contributed by atoms with Crippen LogP contribution in [0.25, 0.3) is 17.3 Å². The van der Waals surface area contributed by atoms with Crippen LogP contribution in [0.4, 0.5) is 0 Å². The molecular weight excluding hydrogens is 284 g/mol. The smallest absolute Gasteiger partial charge is 0.118 e. The van der Waals surface area contributed by atoms with Crippen LogP contribution in [0.5, 0.6) is 5.75 Å². The van der Waals surface area contributed by atoms with Gasteiger partial charge in [-0.15, -0.1) is 0 Å². The largest absolute Gasteiger partial charge is 0.497 e. The maximum absolute atomic E-state index is 5.16. The highest BCUT2D eigenvalue weighted by molar-refractivity contribution is 5.63. The Balaban J connectivity index is 1.86. The summed E-state index contributed by atoms with van der Waals surface area (Å²) in [5.74, 6) is 7.11. The van der Waals surface area contributed by atoms with Crippen LogP contribution in [0, 0.1) is 11.8 Å². The molecule has 3 nitrogen and oxygen atoms in total. The highest BCUT2D eigenvalue weighted by atomic mass is 16.5. The summed E-state index contributed by atoms with van der Waals surface area (Å²) in [5.41, 5.74) is 2.93. The highest BCUT2D eigenvalue weighted by Crippen LogP contribution is 2.21. The van der Waals surface area contributed by atoms with E-state index >= 15 is 0 Å². The van der Waals surface area contributed by atoms with Crippen LogP contribution >= 0.6 is 0 Å². The molecule has 0 radical (unpaired) electrons. The van der Waals surface area contributed by atoms with Crippen LogP contribution in [-0.4, -0.2) is 17.3 Å². The SMILES string of the molecule is CCCCCCC#C/C=C\c1cc(-c2ccc(OC)cc2)n[nH]1. The molecule has 0 fully saturated rings. The molecule has 0 aliphatic heterocycles. The van der Waals surface area contributed by atoms with Crippen molar-refractivity contribution in [3.8, 4) is 28.8 Å². The summed E-state index contributed by atoms with van der Waals surface area (Å²) >= 11 is 0. The maximum Gasteiger partial charge on any atom is 0.118 e. The second kappa shape index (κ2) is 9.53. The van der Waals surface area contributed by atoms with Gasteiger partial charge in [0, 0.05) is 12.0 Å². The number of aromatic amines is 1. The van der Waals surface area contributed by atoms with Crippen molar-refractivity contribution in [3.63, 3.8) is 0 Å². The van der Waals surface area contributed by atoms with E-state index in [1.165, 1.54) is 25.7 Å². The summed E-state index contributed by atoms with van der Waals surface area (Å²) in [5, 5.41) is 7.34. The Bertz CT molecular complexity index is 672. The molecule has 2 rings (SSSR count). The monoisotopic (exact) mass is 308 g/mol. The van der Waals surface area contributed by atoms with Crippen LogP contribution in [0.2, 0.25) is 0 Å². The number of nitrogens with one attached hydrogen (secondary N) is 1. The summed E-state index contributed by atoms with van der Waals surface area (Å²) in [6.45, 7) is 2.22. The number of H-pyrrole nitrogens is 1. The first-order chi connectivity index (χ1) is 11.3. The van der Waals surface area contributed by atoms with Crippen molar-refractivity contribution in [3.05, 3.63) is 42.1 Å². The van der Waals surface area contributed by atoms with Gasteiger partial charge in [-0.25, -0.2) is 0 Å². The number of hydrogen-bond donors (Lipinski definition) is 1. The second-order valence-corrected chi connectivity index (χ2v) is 5.40. The van der Waals surface area contributed by atoms with E-state index in [2.05, 4.69) is 29.0 Å². The Kier molecular flexibility index (Phi) is 7.00. The Morgan fingerprint density at radius 2 is 2.00 bits per heavy atom. The van der Waals surface area contributed by atoms with Crippen LogP contribution in [0.3, 0.4) is 0 Å². The molecule has 0 amide bonds. The number of ether oxygens (including phenoxy) is 1. The first-order valence-corrected chi connectivity index (χ1v) is 8.18. The van der Waals surface area contributed by atoms with Gasteiger partial charge in [0.2, 0.25) is 0 Å². The number of allylic oxidation sites excluding steroid dienone is 1. The maximum atomic E-state index is 5.16. The van der Waals surface area contributed by atoms with Gasteiger partial charge in [0.1, 0.15) is 5.75 Å². The molecule has 0 spiro atoms. The molecule has 0 aliphatic carbocycles. The summed E-state index contributed by atoms with van der Waals surface area (Å²) in [6, 6.07) is 9.88. The summed E-state index contributed by atoms with van der Waals surface area (Å²) in [7, 11) is 1.66. The number of rotatable bonds is 7. The molecule has 1 heterocycles. The third kappa shape index (κ3) is 5.67. The standard InChI is InChI=1S/C20H24N2O/c1-3-4-5-6-7-8-9-10-11-18-16-20(22-21-18)17-12-14-19(23-2)15-13-17/h10-16H,3-7H2,1-2H3,(H,21,22)/b11-10-. The lowest BCUT2D eigenvalue weighted by Crippen LogP contribution is -1.82. The molecule has 0 aliphatic rings. The molecule has 0 unspecified atom stereocenters. The van der Waals surface area contributed by atoms with Crippen molar-refractivity contribution in [2.45, 2.75) is 39.0 Å². The van der Waals surface area contributed by atoms with E-state index in [0.29, 0.717) is 0 Å². The Morgan fingerprint density at radius 1 is 1.17 bits per heavy atom. The highest BCUT2D eigenvalue weighted by Gasteiger charge is 2.02. The lowest BCUT2D eigenvalue weighted by atomic mass is 10.1. The lowest BCUT2D eigenvalue weighted by Gasteiger charge is -1.99. The number of methoxy groups -OCH3 is 1. The van der Waals surface area contributed by atoms with Crippen molar-refractivity contribution in [2.75, 3.05) is 7.11 Å². The minimum absolute atomic E-state index is 0.846. The summed E-state index contributed by atoms with van der Waals surface area (Å²) < 4.78 is 5.16. The first-order valence-electron chi connectivity index (χ1n) is 8.18. The van der Waals surface area contributed by atoms with Gasteiger partial charge >= 0.3 is 0 Å². The zero-order chi connectivity index (χ0) is 16.3. The van der Waals surface area contributed by atoms with Gasteiger partial charge < -0.3 is 4.74 Å². The molecule has 1 N–H and O–H groups in total. The number of aromatic nitrogens is 2. The van der Waals surface area contributed by atoms with E-state index in [9.17, 15) is 0 Å². The lowest BCUT2D eigenvalue weighted by molar-refractivity contribution is 0.415. The third-order valence-corrected chi connectivity index (χ3v) is 3.59. The molecule has 1 aromatic heterocycles. The average molecular weight is 308 g/mol. The average Bonchev–Trinajstić information content (AvgIpc) is 3.06. The minimum Gasteiger partial charge on any atom is -0.497 e. The fourth-order valence-corrected chi connectivity index (χ4v) is 2.23.